The van der Waals surface area contributed by atoms with Gasteiger partial charge in [0.1, 0.15) is 6.54 Å². The third-order valence-electron chi connectivity index (χ3n) is 4.09. The Labute approximate surface area is 133 Å². The molecule has 5 nitrogen and oxygen atoms in total. The number of nitrogens with zero attached hydrogens (tertiary/aromatic N) is 1. The molecule has 0 aromatic heterocycles. The van der Waals surface area contributed by atoms with E-state index in [1.54, 1.807) is 0 Å². The average molecular weight is 326 g/mol. The molecule has 23 heavy (non-hydrogen) atoms. The van der Waals surface area contributed by atoms with Crippen LogP contribution in [0.15, 0.2) is 12.1 Å². The van der Waals surface area contributed by atoms with E-state index in [0.717, 1.165) is 11.0 Å². The Kier molecular flexibility index (Phi) is 4.70. The summed E-state index contributed by atoms with van der Waals surface area (Å²) in [6.07, 6.45) is 0.752. The number of carbonyl (C=O) groups is 2. The van der Waals surface area contributed by atoms with Crippen molar-refractivity contribution in [3.8, 4) is 0 Å². The van der Waals surface area contributed by atoms with Crippen LogP contribution in [0.3, 0.4) is 0 Å². The number of amides is 2. The Morgan fingerprint density at radius 2 is 2.04 bits per heavy atom. The maximum atomic E-state index is 14.4. The van der Waals surface area contributed by atoms with Crippen molar-refractivity contribution in [1.29, 1.82) is 0 Å². The predicted molar refractivity (Wildman–Crippen MR) is 80.7 cm³/mol. The molecule has 0 bridgehead atoms. The van der Waals surface area contributed by atoms with E-state index in [4.69, 9.17) is 10.5 Å². The first-order valence-electron chi connectivity index (χ1n) is 7.38. The molecule has 0 fully saturated rings. The van der Waals surface area contributed by atoms with Crippen molar-refractivity contribution in [3.63, 3.8) is 0 Å². The van der Waals surface area contributed by atoms with Crippen molar-refractivity contribution in [2.24, 2.45) is 11.7 Å². The molecule has 1 aliphatic heterocycles. The SMILES string of the molecule is CO[C@]1(CCC(C)C)C(=O)N(CC(N)=O)c2ccc(F)c(F)c21. The highest BCUT2D eigenvalue weighted by Crippen LogP contribution is 2.47. The van der Waals surface area contributed by atoms with E-state index < -0.39 is 35.6 Å². The quantitative estimate of drug-likeness (QED) is 0.870. The predicted octanol–water partition coefficient (Wildman–Crippen LogP) is 2.07. The Morgan fingerprint density at radius 1 is 1.39 bits per heavy atom. The molecule has 2 amide bonds. The van der Waals surface area contributed by atoms with Crippen molar-refractivity contribution in [2.75, 3.05) is 18.6 Å². The number of hydrogen-bond donors (Lipinski definition) is 1. The highest BCUT2D eigenvalue weighted by atomic mass is 19.2. The fourth-order valence-electron chi connectivity index (χ4n) is 2.91. The van der Waals surface area contributed by atoms with Gasteiger partial charge in [-0.05, 0) is 30.9 Å². The zero-order chi connectivity index (χ0) is 17.4. The smallest absolute Gasteiger partial charge is 0.264 e. The number of hydrogen-bond acceptors (Lipinski definition) is 3. The van der Waals surface area contributed by atoms with Crippen molar-refractivity contribution >= 4 is 17.5 Å². The largest absolute Gasteiger partial charge is 0.368 e. The summed E-state index contributed by atoms with van der Waals surface area (Å²) in [6.45, 7) is 3.49. The standard InChI is InChI=1S/C16H20F2N2O3/c1-9(2)6-7-16(23-3)13-11(5-4-10(17)14(13)18)20(15(16)22)8-12(19)21/h4-5,9H,6-8H2,1-3H3,(H2,19,21)/t16-/m0/s1. The molecule has 0 spiro atoms. The molecule has 0 unspecified atom stereocenters. The Morgan fingerprint density at radius 3 is 2.57 bits per heavy atom. The number of nitrogens with two attached hydrogens (primary N) is 1. The van der Waals surface area contributed by atoms with Gasteiger partial charge in [-0.25, -0.2) is 8.78 Å². The summed E-state index contributed by atoms with van der Waals surface area (Å²) in [7, 11) is 1.28. The van der Waals surface area contributed by atoms with E-state index in [2.05, 4.69) is 0 Å². The van der Waals surface area contributed by atoms with Crippen LogP contribution in [0.5, 0.6) is 0 Å². The number of anilines is 1. The third kappa shape index (κ3) is 2.81. The molecule has 1 aromatic rings. The van der Waals surface area contributed by atoms with E-state index in [0.29, 0.717) is 6.42 Å². The van der Waals surface area contributed by atoms with Crippen molar-refractivity contribution in [2.45, 2.75) is 32.3 Å². The number of primary amides is 1. The second-order valence-electron chi connectivity index (χ2n) is 6.08. The number of benzene rings is 1. The van der Waals surface area contributed by atoms with Gasteiger partial charge in [-0.3, -0.25) is 14.5 Å². The summed E-state index contributed by atoms with van der Waals surface area (Å²) in [5, 5.41) is 0. The van der Waals surface area contributed by atoms with Crippen LogP contribution in [0.25, 0.3) is 0 Å². The molecule has 126 valence electrons. The monoisotopic (exact) mass is 326 g/mol. The lowest BCUT2D eigenvalue weighted by Gasteiger charge is -2.28. The number of halogens is 2. The molecule has 2 rings (SSSR count). The first kappa shape index (κ1) is 17.3. The van der Waals surface area contributed by atoms with Gasteiger partial charge in [0.05, 0.1) is 11.3 Å². The fourth-order valence-corrected chi connectivity index (χ4v) is 2.91. The zero-order valence-corrected chi connectivity index (χ0v) is 13.4. The lowest BCUT2D eigenvalue weighted by molar-refractivity contribution is -0.142. The summed E-state index contributed by atoms with van der Waals surface area (Å²) in [6, 6.07) is 2.19. The zero-order valence-electron chi connectivity index (χ0n) is 13.4. The second kappa shape index (κ2) is 6.23. The summed E-state index contributed by atoms with van der Waals surface area (Å²) in [5.41, 5.74) is 3.50. The molecule has 0 saturated carbocycles. The van der Waals surface area contributed by atoms with Crippen LogP contribution in [0.2, 0.25) is 0 Å². The molecule has 1 heterocycles. The van der Waals surface area contributed by atoms with Crippen LogP contribution in [0, 0.1) is 17.6 Å². The van der Waals surface area contributed by atoms with Crippen LogP contribution >= 0.6 is 0 Å². The maximum absolute atomic E-state index is 14.4. The molecule has 0 aliphatic carbocycles. The van der Waals surface area contributed by atoms with Gasteiger partial charge in [0, 0.05) is 7.11 Å². The van der Waals surface area contributed by atoms with E-state index in [9.17, 15) is 18.4 Å². The minimum Gasteiger partial charge on any atom is -0.368 e. The maximum Gasteiger partial charge on any atom is 0.264 e. The number of methoxy groups -OCH3 is 1. The van der Waals surface area contributed by atoms with Crippen LogP contribution in [0.4, 0.5) is 14.5 Å². The third-order valence-corrected chi connectivity index (χ3v) is 4.09. The van der Waals surface area contributed by atoms with E-state index >= 15 is 0 Å². The van der Waals surface area contributed by atoms with Gasteiger partial charge in [-0.2, -0.15) is 0 Å². The number of ether oxygens (including phenoxy) is 1. The van der Waals surface area contributed by atoms with E-state index in [-0.39, 0.29) is 23.6 Å². The van der Waals surface area contributed by atoms with Crippen LogP contribution in [-0.2, 0) is 19.9 Å². The summed E-state index contributed by atoms with van der Waals surface area (Å²) < 4.78 is 33.5. The molecule has 0 radical (unpaired) electrons. The van der Waals surface area contributed by atoms with Crippen molar-refractivity contribution < 1.29 is 23.1 Å². The van der Waals surface area contributed by atoms with Crippen LogP contribution in [-0.4, -0.2) is 25.5 Å². The Bertz CT molecular complexity index is 648. The van der Waals surface area contributed by atoms with Gasteiger partial charge in [-0.1, -0.05) is 13.8 Å². The fraction of sp³-hybridized carbons (Fsp3) is 0.500. The summed E-state index contributed by atoms with van der Waals surface area (Å²) in [5.74, 6) is -3.30. The Hall–Kier alpha value is -2.02. The summed E-state index contributed by atoms with van der Waals surface area (Å²) in [4.78, 5) is 25.1. The van der Waals surface area contributed by atoms with Gasteiger partial charge in [-0.15, -0.1) is 0 Å². The first-order chi connectivity index (χ1) is 10.7. The minimum absolute atomic E-state index is 0.123. The number of carbonyl (C=O) groups excluding carboxylic acids is 2. The van der Waals surface area contributed by atoms with Crippen LogP contribution < -0.4 is 10.6 Å². The van der Waals surface area contributed by atoms with Gasteiger partial charge >= 0.3 is 0 Å². The van der Waals surface area contributed by atoms with Crippen molar-refractivity contribution in [3.05, 3.63) is 29.3 Å². The van der Waals surface area contributed by atoms with Crippen molar-refractivity contribution in [1.82, 2.24) is 0 Å². The molecule has 0 saturated heterocycles. The molecule has 7 heteroatoms. The molecule has 1 atom stereocenters. The minimum atomic E-state index is -1.64. The molecule has 1 aliphatic rings. The van der Waals surface area contributed by atoms with E-state index in [1.165, 1.54) is 13.2 Å². The molecular weight excluding hydrogens is 306 g/mol. The molecular formula is C16H20F2N2O3. The summed E-state index contributed by atoms with van der Waals surface area (Å²) >= 11 is 0. The highest BCUT2D eigenvalue weighted by molar-refractivity contribution is 6.09. The van der Waals surface area contributed by atoms with Crippen LogP contribution in [0.1, 0.15) is 32.3 Å². The lowest BCUT2D eigenvalue weighted by Crippen LogP contribution is -2.45. The average Bonchev–Trinajstić information content (AvgIpc) is 2.71. The van der Waals surface area contributed by atoms with E-state index in [1.807, 2.05) is 13.8 Å². The second-order valence-corrected chi connectivity index (χ2v) is 6.08. The number of fused-ring (bicyclic) bond motifs is 1. The Balaban J connectivity index is 2.62. The first-order valence-corrected chi connectivity index (χ1v) is 7.38. The van der Waals surface area contributed by atoms with Gasteiger partial charge < -0.3 is 10.5 Å². The molecule has 1 aromatic carbocycles. The molecule has 2 N–H and O–H groups in total. The van der Waals surface area contributed by atoms with Gasteiger partial charge in [0.15, 0.2) is 17.2 Å². The highest BCUT2D eigenvalue weighted by Gasteiger charge is 2.53. The lowest BCUT2D eigenvalue weighted by atomic mass is 9.87. The topological polar surface area (TPSA) is 72.6 Å². The number of rotatable bonds is 6. The van der Waals surface area contributed by atoms with Gasteiger partial charge in [0.25, 0.3) is 5.91 Å². The normalized spacial score (nSPS) is 20.3. The van der Waals surface area contributed by atoms with Gasteiger partial charge in [0.2, 0.25) is 5.91 Å².